The molecule has 2 rings (SSSR count). The third kappa shape index (κ3) is 2.24. The molecule has 5 nitrogen and oxygen atoms in total. The summed E-state index contributed by atoms with van der Waals surface area (Å²) in [5.41, 5.74) is 0.918. The fraction of sp³-hybridized carbons (Fsp3) is 0.500. The lowest BCUT2D eigenvalue weighted by atomic mass is 10.2. The quantitative estimate of drug-likeness (QED) is 0.826. The standard InChI is InChI=1S/C10H14ClN5/c1-7(4-11)5-12-9-3-8(2)15-10-13-6-14-16(9)10/h3,6-7,12H,4-5H2,1-2H3. The highest BCUT2D eigenvalue weighted by Crippen LogP contribution is 2.11. The maximum Gasteiger partial charge on any atom is 0.254 e. The van der Waals surface area contributed by atoms with E-state index < -0.39 is 0 Å². The number of anilines is 1. The molecule has 6 heteroatoms. The largest absolute Gasteiger partial charge is 0.370 e. The average Bonchev–Trinajstić information content (AvgIpc) is 2.73. The van der Waals surface area contributed by atoms with Crippen LogP contribution in [-0.2, 0) is 0 Å². The third-order valence-electron chi connectivity index (χ3n) is 2.27. The minimum absolute atomic E-state index is 0.411. The molecule has 2 heterocycles. The molecule has 1 atom stereocenters. The monoisotopic (exact) mass is 239 g/mol. The van der Waals surface area contributed by atoms with E-state index >= 15 is 0 Å². The van der Waals surface area contributed by atoms with Gasteiger partial charge in [0.25, 0.3) is 5.78 Å². The van der Waals surface area contributed by atoms with E-state index in [0.717, 1.165) is 18.1 Å². The van der Waals surface area contributed by atoms with Gasteiger partial charge in [0.15, 0.2) is 0 Å². The van der Waals surface area contributed by atoms with E-state index in [1.165, 1.54) is 6.33 Å². The van der Waals surface area contributed by atoms with Crippen LogP contribution in [-0.4, -0.2) is 32.0 Å². The van der Waals surface area contributed by atoms with Gasteiger partial charge in [0.1, 0.15) is 12.1 Å². The van der Waals surface area contributed by atoms with Crippen molar-refractivity contribution >= 4 is 23.2 Å². The Morgan fingerprint density at radius 1 is 1.56 bits per heavy atom. The topological polar surface area (TPSA) is 55.1 Å². The molecule has 2 aromatic rings. The molecular weight excluding hydrogens is 226 g/mol. The van der Waals surface area contributed by atoms with Gasteiger partial charge in [-0.2, -0.15) is 14.6 Å². The molecule has 0 bridgehead atoms. The minimum atomic E-state index is 0.411. The van der Waals surface area contributed by atoms with Crippen molar-refractivity contribution in [1.29, 1.82) is 0 Å². The molecule has 1 N–H and O–H groups in total. The Bertz CT molecular complexity index is 481. The van der Waals surface area contributed by atoms with Gasteiger partial charge < -0.3 is 5.32 Å². The Kier molecular flexibility index (Phi) is 3.24. The van der Waals surface area contributed by atoms with E-state index in [1.54, 1.807) is 4.52 Å². The molecule has 0 aliphatic rings. The molecule has 0 aliphatic heterocycles. The second-order valence-corrected chi connectivity index (χ2v) is 4.20. The highest BCUT2D eigenvalue weighted by Gasteiger charge is 2.06. The molecule has 0 spiro atoms. The molecule has 0 saturated heterocycles. The molecule has 1 unspecified atom stereocenters. The lowest BCUT2D eigenvalue weighted by molar-refractivity contribution is 0.691. The maximum atomic E-state index is 5.76. The first-order valence-corrected chi connectivity index (χ1v) is 5.71. The van der Waals surface area contributed by atoms with Crippen LogP contribution >= 0.6 is 11.6 Å². The van der Waals surface area contributed by atoms with E-state index in [0.29, 0.717) is 17.6 Å². The summed E-state index contributed by atoms with van der Waals surface area (Å²) in [5, 5.41) is 7.41. The molecule has 0 fully saturated rings. The molecule has 86 valence electrons. The number of halogens is 1. The van der Waals surface area contributed by atoms with Crippen molar-refractivity contribution in [1.82, 2.24) is 19.6 Å². The van der Waals surface area contributed by atoms with Gasteiger partial charge in [0.05, 0.1) is 0 Å². The number of alkyl halides is 1. The van der Waals surface area contributed by atoms with Gasteiger partial charge >= 0.3 is 0 Å². The number of rotatable bonds is 4. The third-order valence-corrected chi connectivity index (χ3v) is 2.80. The summed E-state index contributed by atoms with van der Waals surface area (Å²) in [6, 6.07) is 1.95. The smallest absolute Gasteiger partial charge is 0.254 e. The number of fused-ring (bicyclic) bond motifs is 1. The zero-order chi connectivity index (χ0) is 11.5. The van der Waals surface area contributed by atoms with Gasteiger partial charge in [-0.15, -0.1) is 11.6 Å². The summed E-state index contributed by atoms with van der Waals surface area (Å²) in [5.74, 6) is 2.56. The van der Waals surface area contributed by atoms with Crippen molar-refractivity contribution in [3.8, 4) is 0 Å². The zero-order valence-corrected chi connectivity index (χ0v) is 10.1. The molecule has 2 aromatic heterocycles. The molecule has 16 heavy (non-hydrogen) atoms. The second-order valence-electron chi connectivity index (χ2n) is 3.89. The molecular formula is C10H14ClN5. The van der Waals surface area contributed by atoms with Crippen molar-refractivity contribution < 1.29 is 0 Å². The summed E-state index contributed by atoms with van der Waals surface area (Å²) < 4.78 is 1.69. The van der Waals surface area contributed by atoms with Crippen LogP contribution in [0, 0.1) is 12.8 Å². The van der Waals surface area contributed by atoms with Crippen molar-refractivity contribution in [3.63, 3.8) is 0 Å². The molecule has 0 saturated carbocycles. The number of hydrogen-bond donors (Lipinski definition) is 1. The zero-order valence-electron chi connectivity index (χ0n) is 9.31. The van der Waals surface area contributed by atoms with Gasteiger partial charge in [-0.1, -0.05) is 6.92 Å². The highest BCUT2D eigenvalue weighted by atomic mass is 35.5. The van der Waals surface area contributed by atoms with E-state index in [-0.39, 0.29) is 0 Å². The van der Waals surface area contributed by atoms with Gasteiger partial charge in [-0.25, -0.2) is 4.98 Å². The summed E-state index contributed by atoms with van der Waals surface area (Å²) in [6.07, 6.45) is 1.50. The Balaban J connectivity index is 2.25. The van der Waals surface area contributed by atoms with Crippen molar-refractivity contribution in [2.24, 2.45) is 5.92 Å². The van der Waals surface area contributed by atoms with E-state index in [4.69, 9.17) is 11.6 Å². The lowest BCUT2D eigenvalue weighted by Gasteiger charge is -2.11. The highest BCUT2D eigenvalue weighted by molar-refractivity contribution is 6.18. The fourth-order valence-corrected chi connectivity index (χ4v) is 1.50. The van der Waals surface area contributed by atoms with Crippen LogP contribution in [0.4, 0.5) is 5.82 Å². The summed E-state index contributed by atoms with van der Waals surface area (Å²) in [7, 11) is 0. The van der Waals surface area contributed by atoms with Crippen LogP contribution in [0.15, 0.2) is 12.4 Å². The van der Waals surface area contributed by atoms with Crippen molar-refractivity contribution in [3.05, 3.63) is 18.1 Å². The van der Waals surface area contributed by atoms with E-state index in [2.05, 4.69) is 27.3 Å². The van der Waals surface area contributed by atoms with Gasteiger partial charge in [-0.05, 0) is 12.8 Å². The molecule has 0 aliphatic carbocycles. The minimum Gasteiger partial charge on any atom is -0.370 e. The number of aryl methyl sites for hydroxylation is 1. The van der Waals surface area contributed by atoms with Crippen molar-refractivity contribution in [2.75, 3.05) is 17.7 Å². The van der Waals surface area contributed by atoms with Crippen LogP contribution in [0.25, 0.3) is 5.78 Å². The van der Waals surface area contributed by atoms with Gasteiger partial charge in [0, 0.05) is 24.2 Å². The number of nitrogens with one attached hydrogen (secondary N) is 1. The molecule has 0 radical (unpaired) electrons. The van der Waals surface area contributed by atoms with Crippen LogP contribution in [0.5, 0.6) is 0 Å². The first kappa shape index (κ1) is 11.1. The predicted octanol–water partition coefficient (Wildman–Crippen LogP) is 1.72. The van der Waals surface area contributed by atoms with Gasteiger partial charge in [0.2, 0.25) is 0 Å². The normalized spacial score (nSPS) is 12.9. The fourth-order valence-electron chi connectivity index (χ4n) is 1.39. The first-order chi connectivity index (χ1) is 7.70. The number of hydrogen-bond acceptors (Lipinski definition) is 4. The maximum absolute atomic E-state index is 5.76. The van der Waals surface area contributed by atoms with Gasteiger partial charge in [-0.3, -0.25) is 0 Å². The Morgan fingerprint density at radius 2 is 2.38 bits per heavy atom. The number of nitrogens with zero attached hydrogens (tertiary/aromatic N) is 4. The van der Waals surface area contributed by atoms with E-state index in [1.807, 2.05) is 13.0 Å². The lowest BCUT2D eigenvalue weighted by Crippen LogP contribution is -2.15. The van der Waals surface area contributed by atoms with Crippen LogP contribution in [0.3, 0.4) is 0 Å². The first-order valence-electron chi connectivity index (χ1n) is 5.18. The van der Waals surface area contributed by atoms with Crippen molar-refractivity contribution in [2.45, 2.75) is 13.8 Å². The Labute approximate surface area is 98.9 Å². The second kappa shape index (κ2) is 4.65. The summed E-state index contributed by atoms with van der Waals surface area (Å²) >= 11 is 5.76. The Morgan fingerprint density at radius 3 is 3.12 bits per heavy atom. The average molecular weight is 240 g/mol. The summed E-state index contributed by atoms with van der Waals surface area (Å²) in [6.45, 7) is 4.83. The van der Waals surface area contributed by atoms with Crippen LogP contribution in [0.1, 0.15) is 12.6 Å². The Hall–Kier alpha value is -1.36. The van der Waals surface area contributed by atoms with Crippen LogP contribution < -0.4 is 5.32 Å². The van der Waals surface area contributed by atoms with Crippen LogP contribution in [0.2, 0.25) is 0 Å². The van der Waals surface area contributed by atoms with E-state index in [9.17, 15) is 0 Å². The molecule has 0 aromatic carbocycles. The predicted molar refractivity (Wildman–Crippen MR) is 63.9 cm³/mol. The molecule has 0 amide bonds. The SMILES string of the molecule is Cc1cc(NCC(C)CCl)n2ncnc2n1. The number of aromatic nitrogens is 4. The summed E-state index contributed by atoms with van der Waals surface area (Å²) in [4.78, 5) is 8.33.